The first kappa shape index (κ1) is 14.7. The van der Waals surface area contributed by atoms with Gasteiger partial charge in [-0.05, 0) is 31.3 Å². The van der Waals surface area contributed by atoms with E-state index in [-0.39, 0.29) is 0 Å². The third-order valence-corrected chi connectivity index (χ3v) is 5.18. The summed E-state index contributed by atoms with van der Waals surface area (Å²) in [5, 5.41) is 1.18. The highest BCUT2D eigenvalue weighted by molar-refractivity contribution is 5.93. The first-order valence-corrected chi connectivity index (χ1v) is 8.35. The highest BCUT2D eigenvalue weighted by Crippen LogP contribution is 2.32. The number of benzene rings is 1. The number of ether oxygens (including phenoxy) is 1. The van der Waals surface area contributed by atoms with Crippen molar-refractivity contribution in [2.75, 3.05) is 58.3 Å². The van der Waals surface area contributed by atoms with Gasteiger partial charge in [0.15, 0.2) is 0 Å². The van der Waals surface area contributed by atoms with Crippen molar-refractivity contribution in [3.8, 4) is 5.75 Å². The van der Waals surface area contributed by atoms with E-state index in [0.717, 1.165) is 24.4 Å². The maximum atomic E-state index is 5.38. The van der Waals surface area contributed by atoms with Crippen molar-refractivity contribution < 1.29 is 4.74 Å². The normalized spacial score (nSPS) is 20.7. The van der Waals surface area contributed by atoms with Gasteiger partial charge in [-0.2, -0.15) is 0 Å². The Morgan fingerprint density at radius 3 is 2.61 bits per heavy atom. The van der Waals surface area contributed by atoms with Crippen molar-refractivity contribution in [1.82, 2.24) is 14.8 Å². The quantitative estimate of drug-likeness (QED) is 0.861. The average molecular weight is 312 g/mol. The Labute approximate surface area is 137 Å². The van der Waals surface area contributed by atoms with Crippen molar-refractivity contribution >= 4 is 16.6 Å². The van der Waals surface area contributed by atoms with Crippen LogP contribution in [-0.2, 0) is 0 Å². The van der Waals surface area contributed by atoms with Gasteiger partial charge in [0.1, 0.15) is 5.75 Å². The Hall–Kier alpha value is -1.85. The second-order valence-electron chi connectivity index (χ2n) is 6.61. The van der Waals surface area contributed by atoms with E-state index in [1.807, 2.05) is 18.3 Å². The largest absolute Gasteiger partial charge is 0.497 e. The van der Waals surface area contributed by atoms with Crippen LogP contribution >= 0.6 is 0 Å². The zero-order chi connectivity index (χ0) is 15.8. The lowest BCUT2D eigenvalue weighted by Gasteiger charge is -2.49. The Balaban J connectivity index is 1.50. The zero-order valence-electron chi connectivity index (χ0n) is 13.9. The number of piperazine rings is 1. The van der Waals surface area contributed by atoms with E-state index in [9.17, 15) is 0 Å². The van der Waals surface area contributed by atoms with Gasteiger partial charge in [0.05, 0.1) is 12.6 Å². The van der Waals surface area contributed by atoms with E-state index in [1.54, 1.807) is 7.11 Å². The Kier molecular flexibility index (Phi) is 3.83. The van der Waals surface area contributed by atoms with Crippen molar-refractivity contribution in [3.05, 3.63) is 30.5 Å². The molecular weight excluding hydrogens is 288 g/mol. The summed E-state index contributed by atoms with van der Waals surface area (Å²) in [6.07, 6.45) is 1.91. The fourth-order valence-electron chi connectivity index (χ4n) is 3.58. The standard InChI is InChI=1S/C18H24N4O/c1-20-7-9-21(10-8-20)14-12-22(13-14)18-5-6-19-17-4-3-15(23-2)11-16(17)18/h3-6,11,14H,7-10,12-13H2,1-2H3. The molecule has 1 aromatic heterocycles. The minimum atomic E-state index is 0.692. The molecule has 0 bridgehead atoms. The maximum absolute atomic E-state index is 5.38. The molecule has 122 valence electrons. The Bertz CT molecular complexity index is 690. The molecule has 4 rings (SSSR count). The third kappa shape index (κ3) is 2.75. The van der Waals surface area contributed by atoms with Gasteiger partial charge in [-0.1, -0.05) is 0 Å². The number of hydrogen-bond donors (Lipinski definition) is 0. The molecule has 0 spiro atoms. The molecule has 5 nitrogen and oxygen atoms in total. The van der Waals surface area contributed by atoms with Gasteiger partial charge in [0, 0.05) is 62.6 Å². The van der Waals surface area contributed by atoms with Crippen LogP contribution in [0.5, 0.6) is 5.75 Å². The third-order valence-electron chi connectivity index (χ3n) is 5.18. The molecule has 2 aliphatic rings. The summed E-state index contributed by atoms with van der Waals surface area (Å²) in [7, 11) is 3.92. The number of likely N-dealkylation sites (N-methyl/N-ethyl adjacent to an activating group) is 1. The van der Waals surface area contributed by atoms with Gasteiger partial charge in [0.25, 0.3) is 0 Å². The molecule has 0 unspecified atom stereocenters. The van der Waals surface area contributed by atoms with E-state index < -0.39 is 0 Å². The van der Waals surface area contributed by atoms with Crippen LogP contribution in [0.15, 0.2) is 30.5 Å². The first-order valence-electron chi connectivity index (χ1n) is 8.35. The van der Waals surface area contributed by atoms with Gasteiger partial charge in [0.2, 0.25) is 0 Å². The summed E-state index contributed by atoms with van der Waals surface area (Å²) in [5.41, 5.74) is 2.31. The molecule has 1 aromatic carbocycles. The number of anilines is 1. The van der Waals surface area contributed by atoms with Gasteiger partial charge >= 0.3 is 0 Å². The monoisotopic (exact) mass is 312 g/mol. The number of pyridine rings is 1. The topological polar surface area (TPSA) is 31.8 Å². The fourth-order valence-corrected chi connectivity index (χ4v) is 3.58. The predicted molar refractivity (Wildman–Crippen MR) is 93.4 cm³/mol. The smallest absolute Gasteiger partial charge is 0.119 e. The van der Waals surface area contributed by atoms with E-state index in [4.69, 9.17) is 4.74 Å². The number of methoxy groups -OCH3 is 1. The summed E-state index contributed by atoms with van der Waals surface area (Å²) in [4.78, 5) is 12.0. The second kappa shape index (κ2) is 5.98. The van der Waals surface area contributed by atoms with Crippen LogP contribution < -0.4 is 9.64 Å². The van der Waals surface area contributed by atoms with Crippen LogP contribution in [-0.4, -0.2) is 74.3 Å². The lowest BCUT2D eigenvalue weighted by Crippen LogP contribution is -2.63. The van der Waals surface area contributed by atoms with E-state index in [1.165, 1.54) is 37.3 Å². The molecular formula is C18H24N4O. The molecule has 2 fully saturated rings. The summed E-state index contributed by atoms with van der Waals surface area (Å²) >= 11 is 0. The molecule has 0 N–H and O–H groups in total. The van der Waals surface area contributed by atoms with Crippen LogP contribution in [0.3, 0.4) is 0 Å². The Morgan fingerprint density at radius 2 is 1.87 bits per heavy atom. The highest BCUT2D eigenvalue weighted by Gasteiger charge is 2.33. The van der Waals surface area contributed by atoms with Crippen LogP contribution in [0.1, 0.15) is 0 Å². The predicted octanol–water partition coefficient (Wildman–Crippen LogP) is 1.68. The van der Waals surface area contributed by atoms with Crippen LogP contribution in [0, 0.1) is 0 Å². The molecule has 0 atom stereocenters. The molecule has 23 heavy (non-hydrogen) atoms. The fraction of sp³-hybridized carbons (Fsp3) is 0.500. The number of nitrogens with zero attached hydrogens (tertiary/aromatic N) is 4. The van der Waals surface area contributed by atoms with E-state index in [2.05, 4.69) is 38.9 Å². The minimum Gasteiger partial charge on any atom is -0.497 e. The van der Waals surface area contributed by atoms with Gasteiger partial charge in [-0.25, -0.2) is 0 Å². The summed E-state index contributed by atoms with van der Waals surface area (Å²) in [5.74, 6) is 0.892. The number of hydrogen-bond acceptors (Lipinski definition) is 5. The lowest BCUT2D eigenvalue weighted by atomic mass is 10.0. The molecule has 2 aromatic rings. The van der Waals surface area contributed by atoms with Crippen molar-refractivity contribution in [1.29, 1.82) is 0 Å². The van der Waals surface area contributed by atoms with Crippen molar-refractivity contribution in [2.45, 2.75) is 6.04 Å². The molecule has 0 amide bonds. The summed E-state index contributed by atoms with van der Waals surface area (Å²) in [6, 6.07) is 8.93. The molecule has 0 radical (unpaired) electrons. The number of rotatable bonds is 3. The van der Waals surface area contributed by atoms with E-state index >= 15 is 0 Å². The second-order valence-corrected chi connectivity index (χ2v) is 6.61. The SMILES string of the molecule is COc1ccc2nccc(N3CC(N4CCN(C)CC4)C3)c2c1. The number of aromatic nitrogens is 1. The summed E-state index contributed by atoms with van der Waals surface area (Å²) in [6.45, 7) is 6.98. The lowest BCUT2D eigenvalue weighted by molar-refractivity contribution is 0.0964. The van der Waals surface area contributed by atoms with Gasteiger partial charge in [-0.15, -0.1) is 0 Å². The average Bonchev–Trinajstić information content (AvgIpc) is 2.55. The van der Waals surface area contributed by atoms with Gasteiger partial charge in [-0.3, -0.25) is 9.88 Å². The number of fused-ring (bicyclic) bond motifs is 1. The molecule has 2 saturated heterocycles. The zero-order valence-corrected chi connectivity index (χ0v) is 13.9. The molecule has 2 aliphatic heterocycles. The molecule has 5 heteroatoms. The van der Waals surface area contributed by atoms with E-state index in [0.29, 0.717) is 6.04 Å². The van der Waals surface area contributed by atoms with Crippen LogP contribution in [0.4, 0.5) is 5.69 Å². The molecule has 3 heterocycles. The first-order chi connectivity index (χ1) is 11.2. The van der Waals surface area contributed by atoms with Crippen molar-refractivity contribution in [3.63, 3.8) is 0 Å². The van der Waals surface area contributed by atoms with Crippen LogP contribution in [0.2, 0.25) is 0 Å². The Morgan fingerprint density at radius 1 is 1.09 bits per heavy atom. The maximum Gasteiger partial charge on any atom is 0.119 e. The molecule has 0 aliphatic carbocycles. The molecule has 0 saturated carbocycles. The van der Waals surface area contributed by atoms with Gasteiger partial charge < -0.3 is 14.5 Å². The van der Waals surface area contributed by atoms with Crippen LogP contribution in [0.25, 0.3) is 10.9 Å². The summed E-state index contributed by atoms with van der Waals surface area (Å²) < 4.78 is 5.38. The minimum absolute atomic E-state index is 0.692. The highest BCUT2D eigenvalue weighted by atomic mass is 16.5. The van der Waals surface area contributed by atoms with Crippen molar-refractivity contribution in [2.24, 2.45) is 0 Å².